The van der Waals surface area contributed by atoms with Crippen LogP contribution in [0.3, 0.4) is 0 Å². The number of likely N-dealkylation sites (N-methyl/N-ethyl adjacent to an activating group) is 1. The molecule has 0 spiro atoms. The Labute approximate surface area is 121 Å². The standard InChI is InChI=1S/C16H24N4/c1-5-13(3)20-9-7-15(19-20)11-16(17-4)14-6-8-18-12(2)10-14/h6-10,13,16-17H,5,11H2,1-4H3. The average Bonchev–Trinajstić information content (AvgIpc) is 2.92. The van der Waals surface area contributed by atoms with Gasteiger partial charge in [0.25, 0.3) is 0 Å². The number of nitrogens with one attached hydrogen (secondary N) is 1. The van der Waals surface area contributed by atoms with Gasteiger partial charge in [-0.25, -0.2) is 0 Å². The molecule has 2 unspecified atom stereocenters. The second-order valence-corrected chi connectivity index (χ2v) is 5.32. The Morgan fingerprint density at radius 2 is 2.15 bits per heavy atom. The third-order valence-electron chi connectivity index (χ3n) is 3.79. The maximum Gasteiger partial charge on any atom is 0.0643 e. The third kappa shape index (κ3) is 3.45. The first kappa shape index (κ1) is 14.7. The fraction of sp³-hybridized carbons (Fsp3) is 0.500. The summed E-state index contributed by atoms with van der Waals surface area (Å²) < 4.78 is 2.06. The lowest BCUT2D eigenvalue weighted by Crippen LogP contribution is -2.19. The number of hydrogen-bond donors (Lipinski definition) is 1. The lowest BCUT2D eigenvalue weighted by atomic mass is 10.0. The summed E-state index contributed by atoms with van der Waals surface area (Å²) in [6, 6.07) is 7.05. The number of rotatable bonds is 6. The summed E-state index contributed by atoms with van der Waals surface area (Å²) in [6.45, 7) is 6.40. The first-order valence-electron chi connectivity index (χ1n) is 7.28. The van der Waals surface area contributed by atoms with Crippen LogP contribution < -0.4 is 5.32 Å². The van der Waals surface area contributed by atoms with E-state index in [9.17, 15) is 0 Å². The fourth-order valence-corrected chi connectivity index (χ4v) is 2.30. The van der Waals surface area contributed by atoms with Gasteiger partial charge < -0.3 is 5.32 Å². The Morgan fingerprint density at radius 3 is 2.80 bits per heavy atom. The van der Waals surface area contributed by atoms with Gasteiger partial charge in [0.15, 0.2) is 0 Å². The van der Waals surface area contributed by atoms with Gasteiger partial charge in [0.2, 0.25) is 0 Å². The van der Waals surface area contributed by atoms with E-state index in [0.717, 1.165) is 24.2 Å². The van der Waals surface area contributed by atoms with Gasteiger partial charge in [-0.2, -0.15) is 5.10 Å². The van der Waals surface area contributed by atoms with Crippen molar-refractivity contribution >= 4 is 0 Å². The molecule has 0 bridgehead atoms. The van der Waals surface area contributed by atoms with Crippen LogP contribution >= 0.6 is 0 Å². The molecule has 108 valence electrons. The van der Waals surface area contributed by atoms with Crippen LogP contribution in [0.2, 0.25) is 0 Å². The second-order valence-electron chi connectivity index (χ2n) is 5.32. The number of pyridine rings is 1. The predicted molar refractivity (Wildman–Crippen MR) is 81.7 cm³/mol. The van der Waals surface area contributed by atoms with Crippen LogP contribution in [0.5, 0.6) is 0 Å². The lowest BCUT2D eigenvalue weighted by molar-refractivity contribution is 0.469. The zero-order valence-corrected chi connectivity index (χ0v) is 12.8. The highest BCUT2D eigenvalue weighted by molar-refractivity contribution is 5.21. The van der Waals surface area contributed by atoms with Gasteiger partial charge in [-0.15, -0.1) is 0 Å². The van der Waals surface area contributed by atoms with Gasteiger partial charge in [0.05, 0.1) is 5.69 Å². The molecule has 1 N–H and O–H groups in total. The SMILES string of the molecule is CCC(C)n1ccc(CC(NC)c2ccnc(C)c2)n1. The molecule has 0 saturated carbocycles. The molecular formula is C16H24N4. The first-order chi connectivity index (χ1) is 9.63. The zero-order chi connectivity index (χ0) is 14.5. The van der Waals surface area contributed by atoms with Crippen LogP contribution in [0.4, 0.5) is 0 Å². The molecule has 0 aliphatic heterocycles. The molecule has 2 aromatic rings. The van der Waals surface area contributed by atoms with Gasteiger partial charge in [-0.1, -0.05) is 6.92 Å². The molecule has 20 heavy (non-hydrogen) atoms. The molecule has 0 aliphatic rings. The van der Waals surface area contributed by atoms with Crippen molar-refractivity contribution in [1.29, 1.82) is 0 Å². The molecule has 0 fully saturated rings. The highest BCUT2D eigenvalue weighted by Gasteiger charge is 2.13. The zero-order valence-electron chi connectivity index (χ0n) is 12.8. The molecule has 0 aliphatic carbocycles. The van der Waals surface area contributed by atoms with Crippen LogP contribution in [0.1, 0.15) is 49.3 Å². The molecule has 0 saturated heterocycles. The Kier molecular flexibility index (Phi) is 4.90. The minimum absolute atomic E-state index is 0.275. The topological polar surface area (TPSA) is 42.7 Å². The molecule has 0 radical (unpaired) electrons. The molecule has 4 nitrogen and oxygen atoms in total. The summed E-state index contributed by atoms with van der Waals surface area (Å²) >= 11 is 0. The van der Waals surface area contributed by atoms with Crippen molar-refractivity contribution in [2.45, 2.75) is 45.7 Å². The van der Waals surface area contributed by atoms with E-state index in [1.54, 1.807) is 0 Å². The van der Waals surface area contributed by atoms with Gasteiger partial charge in [0, 0.05) is 36.6 Å². The summed E-state index contributed by atoms with van der Waals surface area (Å²) in [6.07, 6.45) is 5.93. The van der Waals surface area contributed by atoms with Crippen molar-refractivity contribution in [3.63, 3.8) is 0 Å². The largest absolute Gasteiger partial charge is 0.313 e. The van der Waals surface area contributed by atoms with Crippen molar-refractivity contribution in [2.75, 3.05) is 7.05 Å². The first-order valence-corrected chi connectivity index (χ1v) is 7.28. The average molecular weight is 272 g/mol. The molecular weight excluding hydrogens is 248 g/mol. The van der Waals surface area contributed by atoms with E-state index in [0.29, 0.717) is 6.04 Å². The second kappa shape index (κ2) is 6.66. The monoisotopic (exact) mass is 272 g/mol. The Hall–Kier alpha value is -1.68. The molecule has 4 heteroatoms. The summed E-state index contributed by atoms with van der Waals surface area (Å²) in [7, 11) is 1.99. The molecule has 2 heterocycles. The van der Waals surface area contributed by atoms with E-state index in [-0.39, 0.29) is 6.04 Å². The number of nitrogens with zero attached hydrogens (tertiary/aromatic N) is 3. The maximum absolute atomic E-state index is 4.68. The molecule has 2 atom stereocenters. The van der Waals surface area contributed by atoms with Gasteiger partial charge in [-0.05, 0) is 51.1 Å². The van der Waals surface area contributed by atoms with Crippen molar-refractivity contribution in [3.8, 4) is 0 Å². The highest BCUT2D eigenvalue weighted by atomic mass is 15.3. The predicted octanol–water partition coefficient (Wildman–Crippen LogP) is 3.06. The normalized spacial score (nSPS) is 14.2. The smallest absolute Gasteiger partial charge is 0.0643 e. The van der Waals surface area contributed by atoms with Crippen LogP contribution in [-0.4, -0.2) is 21.8 Å². The molecule has 0 amide bonds. The van der Waals surface area contributed by atoms with E-state index in [1.165, 1.54) is 5.56 Å². The Bertz CT molecular complexity index is 547. The third-order valence-corrected chi connectivity index (χ3v) is 3.79. The van der Waals surface area contributed by atoms with E-state index >= 15 is 0 Å². The van der Waals surface area contributed by atoms with Crippen molar-refractivity contribution in [2.24, 2.45) is 0 Å². The van der Waals surface area contributed by atoms with Crippen LogP contribution in [-0.2, 0) is 6.42 Å². The molecule has 2 rings (SSSR count). The van der Waals surface area contributed by atoms with Crippen LogP contribution in [0.25, 0.3) is 0 Å². The minimum Gasteiger partial charge on any atom is -0.313 e. The van der Waals surface area contributed by atoms with E-state index in [2.05, 4.69) is 58.3 Å². The number of hydrogen-bond acceptors (Lipinski definition) is 3. The number of aromatic nitrogens is 3. The Morgan fingerprint density at radius 1 is 1.35 bits per heavy atom. The van der Waals surface area contributed by atoms with Crippen molar-refractivity contribution in [1.82, 2.24) is 20.1 Å². The maximum atomic E-state index is 4.68. The highest BCUT2D eigenvalue weighted by Crippen LogP contribution is 2.18. The number of aryl methyl sites for hydroxylation is 1. The summed E-state index contributed by atoms with van der Waals surface area (Å²) in [5.41, 5.74) is 3.44. The minimum atomic E-state index is 0.275. The van der Waals surface area contributed by atoms with Crippen molar-refractivity contribution in [3.05, 3.63) is 47.5 Å². The Balaban J connectivity index is 2.12. The van der Waals surface area contributed by atoms with Gasteiger partial charge in [-0.3, -0.25) is 9.67 Å². The van der Waals surface area contributed by atoms with Gasteiger partial charge in [0.1, 0.15) is 0 Å². The molecule has 2 aromatic heterocycles. The molecule has 0 aromatic carbocycles. The summed E-state index contributed by atoms with van der Waals surface area (Å²) in [5.74, 6) is 0. The van der Waals surface area contributed by atoms with E-state index in [4.69, 9.17) is 0 Å². The quantitative estimate of drug-likeness (QED) is 0.879. The van der Waals surface area contributed by atoms with Gasteiger partial charge >= 0.3 is 0 Å². The van der Waals surface area contributed by atoms with Crippen molar-refractivity contribution < 1.29 is 0 Å². The lowest BCUT2D eigenvalue weighted by Gasteiger charge is -2.16. The van der Waals surface area contributed by atoms with E-state index in [1.807, 2.05) is 20.2 Å². The van der Waals surface area contributed by atoms with E-state index < -0.39 is 0 Å². The van der Waals surface area contributed by atoms with Crippen LogP contribution in [0.15, 0.2) is 30.6 Å². The summed E-state index contributed by atoms with van der Waals surface area (Å²) in [4.78, 5) is 4.25. The van der Waals surface area contributed by atoms with Crippen LogP contribution in [0, 0.1) is 6.92 Å². The fourth-order valence-electron chi connectivity index (χ4n) is 2.30. The summed E-state index contributed by atoms with van der Waals surface area (Å²) in [5, 5.41) is 8.05.